The molecule has 102 valence electrons. The molecule has 0 spiro atoms. The smallest absolute Gasteiger partial charge is 0.0534 e. The van der Waals surface area contributed by atoms with Crippen LogP contribution in [0.25, 0.3) is 0 Å². The van der Waals surface area contributed by atoms with E-state index in [1.54, 1.807) is 0 Å². The second-order valence-electron chi connectivity index (χ2n) is 5.18. The minimum atomic E-state index is 0.317. The van der Waals surface area contributed by atoms with E-state index in [9.17, 15) is 0 Å². The summed E-state index contributed by atoms with van der Waals surface area (Å²) in [6, 6.07) is 8.38. The van der Waals surface area contributed by atoms with Crippen LogP contribution in [0, 0.1) is 5.92 Å². The highest BCUT2D eigenvalue weighted by atomic mass is 35.5. The molecule has 0 saturated carbocycles. The first kappa shape index (κ1) is 14.1. The van der Waals surface area contributed by atoms with Gasteiger partial charge in [0.05, 0.1) is 6.20 Å². The molecule has 4 heteroatoms. The number of nitrogens with one attached hydrogen (secondary N) is 1. The SMILES string of the molecule is CC(C)C(NCc1cnn(C)c1)c1ccc(Cl)cc1. The molecular weight excluding hydrogens is 258 g/mol. The Labute approximate surface area is 119 Å². The zero-order valence-corrected chi connectivity index (χ0v) is 12.4. The maximum absolute atomic E-state index is 5.94. The van der Waals surface area contributed by atoms with Gasteiger partial charge in [0.2, 0.25) is 0 Å². The first-order chi connectivity index (χ1) is 9.06. The summed E-state index contributed by atoms with van der Waals surface area (Å²) in [6.45, 7) is 5.25. The van der Waals surface area contributed by atoms with Gasteiger partial charge < -0.3 is 5.32 Å². The predicted molar refractivity (Wildman–Crippen MR) is 79.1 cm³/mol. The molecule has 0 saturated heterocycles. The van der Waals surface area contributed by atoms with E-state index in [4.69, 9.17) is 11.6 Å². The largest absolute Gasteiger partial charge is 0.306 e. The molecule has 0 aliphatic rings. The van der Waals surface area contributed by atoms with Crippen molar-refractivity contribution in [3.8, 4) is 0 Å². The maximum Gasteiger partial charge on any atom is 0.0534 e. The van der Waals surface area contributed by atoms with Crippen molar-refractivity contribution in [2.45, 2.75) is 26.4 Å². The molecule has 2 aromatic rings. The molecule has 0 aliphatic heterocycles. The van der Waals surface area contributed by atoms with Gasteiger partial charge in [0, 0.05) is 36.4 Å². The third-order valence-electron chi connectivity index (χ3n) is 3.18. The van der Waals surface area contributed by atoms with Gasteiger partial charge in [0.15, 0.2) is 0 Å². The molecule has 1 aromatic heterocycles. The number of hydrogen-bond acceptors (Lipinski definition) is 2. The van der Waals surface area contributed by atoms with E-state index in [1.165, 1.54) is 11.1 Å². The van der Waals surface area contributed by atoms with Crippen LogP contribution in [0.2, 0.25) is 5.02 Å². The van der Waals surface area contributed by atoms with Crippen molar-refractivity contribution in [3.63, 3.8) is 0 Å². The Bertz CT molecular complexity index is 516. The van der Waals surface area contributed by atoms with Crippen LogP contribution in [0.1, 0.15) is 31.0 Å². The van der Waals surface area contributed by atoms with Gasteiger partial charge in [-0.25, -0.2) is 0 Å². The van der Waals surface area contributed by atoms with Gasteiger partial charge in [-0.1, -0.05) is 37.6 Å². The summed E-state index contributed by atoms with van der Waals surface area (Å²) in [4.78, 5) is 0. The summed E-state index contributed by atoms with van der Waals surface area (Å²) in [7, 11) is 1.93. The maximum atomic E-state index is 5.94. The number of aryl methyl sites for hydroxylation is 1. The number of rotatable bonds is 5. The van der Waals surface area contributed by atoms with Crippen LogP contribution in [-0.4, -0.2) is 9.78 Å². The summed E-state index contributed by atoms with van der Waals surface area (Å²) in [5, 5.41) is 8.55. The normalized spacial score (nSPS) is 12.9. The molecule has 3 nitrogen and oxygen atoms in total. The van der Waals surface area contributed by atoms with Crippen molar-refractivity contribution in [2.75, 3.05) is 0 Å². The van der Waals surface area contributed by atoms with Gasteiger partial charge in [-0.2, -0.15) is 5.10 Å². The zero-order chi connectivity index (χ0) is 13.8. The van der Waals surface area contributed by atoms with Crippen LogP contribution < -0.4 is 5.32 Å². The van der Waals surface area contributed by atoms with E-state index in [2.05, 4.69) is 36.4 Å². The molecule has 1 atom stereocenters. The van der Waals surface area contributed by atoms with Crippen molar-refractivity contribution < 1.29 is 0 Å². The van der Waals surface area contributed by atoms with E-state index < -0.39 is 0 Å². The highest BCUT2D eigenvalue weighted by molar-refractivity contribution is 6.30. The van der Waals surface area contributed by atoms with Crippen LogP contribution in [0.3, 0.4) is 0 Å². The molecular formula is C15H20ClN3. The van der Waals surface area contributed by atoms with Crippen LogP contribution in [0.4, 0.5) is 0 Å². The summed E-state index contributed by atoms with van der Waals surface area (Å²) in [5.74, 6) is 0.512. The topological polar surface area (TPSA) is 29.9 Å². The number of halogens is 1. The number of hydrogen-bond donors (Lipinski definition) is 1. The first-order valence-electron chi connectivity index (χ1n) is 6.52. The van der Waals surface area contributed by atoms with Crippen molar-refractivity contribution in [3.05, 3.63) is 52.8 Å². The molecule has 19 heavy (non-hydrogen) atoms. The van der Waals surface area contributed by atoms with Gasteiger partial charge in [-0.05, 0) is 23.6 Å². The third kappa shape index (κ3) is 3.82. The fourth-order valence-corrected chi connectivity index (χ4v) is 2.33. The van der Waals surface area contributed by atoms with Gasteiger partial charge in [-0.3, -0.25) is 4.68 Å². The van der Waals surface area contributed by atoms with E-state index in [-0.39, 0.29) is 0 Å². The van der Waals surface area contributed by atoms with E-state index in [0.717, 1.165) is 11.6 Å². The molecule has 0 amide bonds. The van der Waals surface area contributed by atoms with Crippen molar-refractivity contribution in [1.82, 2.24) is 15.1 Å². The molecule has 0 radical (unpaired) electrons. The Morgan fingerprint density at radius 3 is 2.47 bits per heavy atom. The lowest BCUT2D eigenvalue weighted by atomic mass is 9.96. The van der Waals surface area contributed by atoms with Gasteiger partial charge >= 0.3 is 0 Å². The molecule has 1 unspecified atom stereocenters. The van der Waals surface area contributed by atoms with Gasteiger partial charge in [-0.15, -0.1) is 0 Å². The molecule has 0 aliphatic carbocycles. The minimum absolute atomic E-state index is 0.317. The fourth-order valence-electron chi connectivity index (χ4n) is 2.20. The average Bonchev–Trinajstić information content (AvgIpc) is 2.77. The minimum Gasteiger partial charge on any atom is -0.306 e. The van der Waals surface area contributed by atoms with Crippen LogP contribution >= 0.6 is 11.6 Å². The Hall–Kier alpha value is -1.32. The van der Waals surface area contributed by atoms with Gasteiger partial charge in [0.1, 0.15) is 0 Å². The third-order valence-corrected chi connectivity index (χ3v) is 3.43. The number of aromatic nitrogens is 2. The monoisotopic (exact) mass is 277 g/mol. The van der Waals surface area contributed by atoms with Crippen molar-refractivity contribution >= 4 is 11.6 Å². The molecule has 0 fully saturated rings. The Morgan fingerprint density at radius 2 is 1.95 bits per heavy atom. The molecule has 2 rings (SSSR count). The fraction of sp³-hybridized carbons (Fsp3) is 0.400. The second-order valence-corrected chi connectivity index (χ2v) is 5.61. The van der Waals surface area contributed by atoms with Crippen molar-refractivity contribution in [2.24, 2.45) is 13.0 Å². The lowest BCUT2D eigenvalue weighted by molar-refractivity contribution is 0.410. The Morgan fingerprint density at radius 1 is 1.26 bits per heavy atom. The van der Waals surface area contributed by atoms with Gasteiger partial charge in [0.25, 0.3) is 0 Å². The predicted octanol–water partition coefficient (Wildman–Crippen LogP) is 3.56. The number of nitrogens with zero attached hydrogens (tertiary/aromatic N) is 2. The lowest BCUT2D eigenvalue weighted by Gasteiger charge is -2.22. The standard InChI is InChI=1S/C15H20ClN3/c1-11(2)15(13-4-6-14(16)7-5-13)17-8-12-9-18-19(3)10-12/h4-7,9-11,15,17H,8H2,1-3H3. The van der Waals surface area contributed by atoms with Crippen LogP contribution in [0.5, 0.6) is 0 Å². The molecule has 1 heterocycles. The quantitative estimate of drug-likeness (QED) is 0.906. The lowest BCUT2D eigenvalue weighted by Crippen LogP contribution is -2.25. The Balaban J connectivity index is 2.06. The van der Waals surface area contributed by atoms with E-state index in [1.807, 2.05) is 36.3 Å². The van der Waals surface area contributed by atoms with E-state index in [0.29, 0.717) is 12.0 Å². The van der Waals surface area contributed by atoms with Crippen LogP contribution in [-0.2, 0) is 13.6 Å². The van der Waals surface area contributed by atoms with E-state index >= 15 is 0 Å². The summed E-state index contributed by atoms with van der Waals surface area (Å²) >= 11 is 5.94. The Kier molecular flexibility index (Phi) is 4.61. The second kappa shape index (κ2) is 6.22. The van der Waals surface area contributed by atoms with Crippen molar-refractivity contribution in [1.29, 1.82) is 0 Å². The molecule has 1 aromatic carbocycles. The first-order valence-corrected chi connectivity index (χ1v) is 6.90. The summed E-state index contributed by atoms with van der Waals surface area (Å²) < 4.78 is 1.82. The highest BCUT2D eigenvalue weighted by Crippen LogP contribution is 2.23. The zero-order valence-electron chi connectivity index (χ0n) is 11.6. The highest BCUT2D eigenvalue weighted by Gasteiger charge is 2.15. The molecule has 0 bridgehead atoms. The average molecular weight is 278 g/mol. The number of benzene rings is 1. The summed E-state index contributed by atoms with van der Waals surface area (Å²) in [6.07, 6.45) is 3.93. The molecule has 1 N–H and O–H groups in total. The summed E-state index contributed by atoms with van der Waals surface area (Å²) in [5.41, 5.74) is 2.46. The van der Waals surface area contributed by atoms with Crippen LogP contribution in [0.15, 0.2) is 36.7 Å².